The minimum absolute atomic E-state index is 0.109. The predicted molar refractivity (Wildman–Crippen MR) is 87.3 cm³/mol. The van der Waals surface area contributed by atoms with Gasteiger partial charge in [0.1, 0.15) is 0 Å². The number of carbonyl (C=O) groups is 2. The van der Waals surface area contributed by atoms with Crippen LogP contribution in [-0.2, 0) is 17.8 Å². The van der Waals surface area contributed by atoms with Crippen molar-refractivity contribution in [2.45, 2.75) is 13.0 Å². The second-order valence-corrected chi connectivity index (χ2v) is 6.01. The van der Waals surface area contributed by atoms with E-state index in [2.05, 4.69) is 4.90 Å². The number of nitrogens with zero attached hydrogens (tertiary/aromatic N) is 1. The summed E-state index contributed by atoms with van der Waals surface area (Å²) in [5.41, 5.74) is 2.83. The molecule has 0 saturated carbocycles. The number of carboxylic acid groups (broad SMARTS) is 1. The Morgan fingerprint density at radius 1 is 0.957 bits per heavy atom. The second-order valence-electron chi connectivity index (χ2n) is 6.01. The van der Waals surface area contributed by atoms with Crippen molar-refractivity contribution in [1.29, 1.82) is 0 Å². The number of carbonyl (C=O) groups excluding carboxylic acids is 1. The average Bonchev–Trinajstić information content (AvgIpc) is 2.51. The van der Waals surface area contributed by atoms with Crippen LogP contribution < -0.4 is 0 Å². The molecule has 1 aliphatic heterocycles. The largest absolute Gasteiger partial charge is 0.481 e. The maximum absolute atomic E-state index is 12.3. The number of benzene rings is 2. The molecular formula is C19H19NO3. The smallest absolute Gasteiger partial charge is 0.309 e. The van der Waals surface area contributed by atoms with Gasteiger partial charge in [-0.15, -0.1) is 0 Å². The topological polar surface area (TPSA) is 57.6 Å². The molecule has 0 aliphatic carbocycles. The van der Waals surface area contributed by atoms with Gasteiger partial charge in [-0.25, -0.2) is 0 Å². The van der Waals surface area contributed by atoms with Gasteiger partial charge in [0.2, 0.25) is 0 Å². The van der Waals surface area contributed by atoms with E-state index < -0.39 is 5.97 Å². The van der Waals surface area contributed by atoms with Crippen molar-refractivity contribution in [3.05, 3.63) is 71.3 Å². The highest BCUT2D eigenvalue weighted by molar-refractivity contribution is 5.97. The van der Waals surface area contributed by atoms with Crippen LogP contribution in [0.25, 0.3) is 0 Å². The summed E-state index contributed by atoms with van der Waals surface area (Å²) < 4.78 is 0. The second kappa shape index (κ2) is 6.75. The number of likely N-dealkylation sites (tertiary alicyclic amines) is 1. The van der Waals surface area contributed by atoms with Crippen molar-refractivity contribution in [2.24, 2.45) is 5.92 Å². The number of ketones is 1. The Kier molecular flexibility index (Phi) is 4.53. The molecule has 1 N–H and O–H groups in total. The molecule has 0 spiro atoms. The Balaban J connectivity index is 1.55. The summed E-state index contributed by atoms with van der Waals surface area (Å²) in [5.74, 6) is -0.845. The maximum atomic E-state index is 12.3. The van der Waals surface area contributed by atoms with Gasteiger partial charge in [-0.1, -0.05) is 54.6 Å². The fraction of sp³-hybridized carbons (Fsp3) is 0.263. The van der Waals surface area contributed by atoms with Crippen molar-refractivity contribution in [3.8, 4) is 0 Å². The molecule has 2 aromatic rings. The van der Waals surface area contributed by atoms with E-state index in [0.29, 0.717) is 25.1 Å². The summed E-state index contributed by atoms with van der Waals surface area (Å²) in [7, 11) is 0. The summed E-state index contributed by atoms with van der Waals surface area (Å²) in [6, 6.07) is 17.3. The van der Waals surface area contributed by atoms with Crippen LogP contribution in [0.4, 0.5) is 0 Å². The summed E-state index contributed by atoms with van der Waals surface area (Å²) in [6.07, 6.45) is 0.409. The quantitative estimate of drug-likeness (QED) is 0.833. The van der Waals surface area contributed by atoms with Gasteiger partial charge in [0.25, 0.3) is 0 Å². The fourth-order valence-corrected chi connectivity index (χ4v) is 2.79. The first-order valence-electron chi connectivity index (χ1n) is 7.73. The SMILES string of the molecule is O=C(Cc1ccccc1)c1ccc(CN2CC(C(=O)O)C2)cc1. The van der Waals surface area contributed by atoms with Gasteiger partial charge in [0.15, 0.2) is 5.78 Å². The van der Waals surface area contributed by atoms with Gasteiger partial charge in [-0.2, -0.15) is 0 Å². The van der Waals surface area contributed by atoms with E-state index in [1.54, 1.807) is 0 Å². The predicted octanol–water partition coefficient (Wildman–Crippen LogP) is 2.63. The van der Waals surface area contributed by atoms with Crippen LogP contribution in [0.2, 0.25) is 0 Å². The zero-order valence-electron chi connectivity index (χ0n) is 12.8. The van der Waals surface area contributed by atoms with Crippen molar-refractivity contribution in [2.75, 3.05) is 13.1 Å². The number of rotatable bonds is 6. The Hall–Kier alpha value is -2.46. The summed E-state index contributed by atoms with van der Waals surface area (Å²) >= 11 is 0. The van der Waals surface area contributed by atoms with Crippen LogP contribution in [0.1, 0.15) is 21.5 Å². The van der Waals surface area contributed by atoms with Crippen molar-refractivity contribution in [3.63, 3.8) is 0 Å². The molecule has 118 valence electrons. The van der Waals surface area contributed by atoms with Crippen LogP contribution >= 0.6 is 0 Å². The minimum Gasteiger partial charge on any atom is -0.481 e. The van der Waals surface area contributed by atoms with Gasteiger partial charge in [-0.3, -0.25) is 14.5 Å². The molecule has 23 heavy (non-hydrogen) atoms. The van der Waals surface area contributed by atoms with Gasteiger partial charge in [-0.05, 0) is 11.1 Å². The molecule has 3 rings (SSSR count). The molecule has 0 atom stereocenters. The molecule has 1 fully saturated rings. The first-order chi connectivity index (χ1) is 11.1. The van der Waals surface area contributed by atoms with Crippen LogP contribution in [0.5, 0.6) is 0 Å². The van der Waals surface area contributed by atoms with Crippen LogP contribution in [0, 0.1) is 5.92 Å². The average molecular weight is 309 g/mol. The lowest BCUT2D eigenvalue weighted by atomic mass is 9.98. The van der Waals surface area contributed by atoms with E-state index in [1.807, 2.05) is 54.6 Å². The highest BCUT2D eigenvalue weighted by Crippen LogP contribution is 2.19. The Morgan fingerprint density at radius 2 is 1.61 bits per heavy atom. The standard InChI is InChI=1S/C19H19NO3/c21-18(10-14-4-2-1-3-5-14)16-8-6-15(7-9-16)11-20-12-17(13-20)19(22)23/h1-9,17H,10-13H2,(H,22,23). The third-order valence-electron chi connectivity index (χ3n) is 4.20. The summed E-state index contributed by atoms with van der Waals surface area (Å²) in [5, 5.41) is 8.87. The lowest BCUT2D eigenvalue weighted by molar-refractivity contribution is -0.147. The number of aliphatic carboxylic acids is 1. The fourth-order valence-electron chi connectivity index (χ4n) is 2.79. The normalized spacial score (nSPS) is 15.1. The first-order valence-corrected chi connectivity index (χ1v) is 7.73. The molecule has 4 nitrogen and oxygen atoms in total. The third kappa shape index (κ3) is 3.85. The molecule has 2 aromatic carbocycles. The highest BCUT2D eigenvalue weighted by atomic mass is 16.4. The molecule has 0 aromatic heterocycles. The molecule has 1 saturated heterocycles. The van der Waals surface area contributed by atoms with Crippen LogP contribution in [0.3, 0.4) is 0 Å². The molecule has 0 amide bonds. The lowest BCUT2D eigenvalue weighted by Gasteiger charge is -2.36. The van der Waals surface area contributed by atoms with Crippen molar-refractivity contribution in [1.82, 2.24) is 4.90 Å². The molecule has 4 heteroatoms. The van der Waals surface area contributed by atoms with Gasteiger partial charge in [0.05, 0.1) is 5.92 Å². The highest BCUT2D eigenvalue weighted by Gasteiger charge is 2.32. The van der Waals surface area contributed by atoms with E-state index in [1.165, 1.54) is 0 Å². The summed E-state index contributed by atoms with van der Waals surface area (Å²) in [6.45, 7) is 1.94. The van der Waals surface area contributed by atoms with Gasteiger partial charge < -0.3 is 5.11 Å². The number of Topliss-reactive ketones (excluding diaryl/α,β-unsaturated/α-hetero) is 1. The first kappa shape index (κ1) is 15.4. The lowest BCUT2D eigenvalue weighted by Crippen LogP contribution is -2.49. The number of hydrogen-bond acceptors (Lipinski definition) is 3. The zero-order valence-corrected chi connectivity index (χ0v) is 12.8. The van der Waals surface area contributed by atoms with Gasteiger partial charge in [0, 0.05) is 31.6 Å². The Labute approximate surface area is 135 Å². The number of hydrogen-bond donors (Lipinski definition) is 1. The minimum atomic E-state index is -0.719. The van der Waals surface area contributed by atoms with Crippen LogP contribution in [-0.4, -0.2) is 34.8 Å². The Bertz CT molecular complexity index is 688. The maximum Gasteiger partial charge on any atom is 0.309 e. The zero-order chi connectivity index (χ0) is 16.2. The van der Waals surface area contributed by atoms with E-state index in [9.17, 15) is 9.59 Å². The molecule has 1 aliphatic rings. The van der Waals surface area contributed by atoms with Gasteiger partial charge >= 0.3 is 5.97 Å². The van der Waals surface area contributed by atoms with E-state index >= 15 is 0 Å². The molecule has 0 bridgehead atoms. The van der Waals surface area contributed by atoms with Crippen LogP contribution in [0.15, 0.2) is 54.6 Å². The van der Waals surface area contributed by atoms with E-state index in [0.717, 1.165) is 17.7 Å². The molecule has 0 unspecified atom stereocenters. The monoisotopic (exact) mass is 309 g/mol. The van der Waals surface area contributed by atoms with E-state index in [-0.39, 0.29) is 11.7 Å². The molecular weight excluding hydrogens is 290 g/mol. The summed E-state index contributed by atoms with van der Waals surface area (Å²) in [4.78, 5) is 25.1. The molecule has 0 radical (unpaired) electrons. The van der Waals surface area contributed by atoms with E-state index in [4.69, 9.17) is 5.11 Å². The Morgan fingerprint density at radius 3 is 2.22 bits per heavy atom. The van der Waals surface area contributed by atoms with Crippen molar-refractivity contribution >= 4 is 11.8 Å². The molecule has 1 heterocycles. The van der Waals surface area contributed by atoms with Crippen molar-refractivity contribution < 1.29 is 14.7 Å². The third-order valence-corrected chi connectivity index (χ3v) is 4.20. The number of carboxylic acids is 1.